The van der Waals surface area contributed by atoms with Gasteiger partial charge in [-0.25, -0.2) is 0 Å². The molecule has 0 unspecified atom stereocenters. The van der Waals surface area contributed by atoms with Crippen molar-refractivity contribution >= 4 is 41.5 Å². The fraction of sp³-hybridized carbons (Fsp3) is 0.667. The molecule has 0 radical (unpaired) electrons. The maximum atomic E-state index is 6.04. The molecule has 1 aliphatic heterocycles. The van der Waals surface area contributed by atoms with Crippen LogP contribution in [0.25, 0.3) is 0 Å². The predicted molar refractivity (Wildman–Crippen MR) is 127 cm³/mol. The quantitative estimate of drug-likeness (QED) is 0.342. The van der Waals surface area contributed by atoms with Gasteiger partial charge in [-0.05, 0) is 64.2 Å². The Bertz CT molecular complexity index is 605. The highest BCUT2D eigenvalue weighted by Crippen LogP contribution is 2.48. The van der Waals surface area contributed by atoms with Gasteiger partial charge < -0.3 is 15.5 Å². The summed E-state index contributed by atoms with van der Waals surface area (Å²) < 4.78 is 0. The monoisotopic (exact) mass is 504 g/mol. The fourth-order valence-corrected chi connectivity index (χ4v) is 3.92. The number of likely N-dealkylation sites (tertiary alicyclic amines) is 1. The lowest BCUT2D eigenvalue weighted by atomic mass is 9.96. The summed E-state index contributed by atoms with van der Waals surface area (Å²) in [5, 5.41) is 7.90. The number of halogens is 2. The Balaban J connectivity index is 0.00000261. The highest BCUT2D eigenvalue weighted by molar-refractivity contribution is 14.0. The lowest BCUT2D eigenvalue weighted by molar-refractivity contribution is 0.167. The van der Waals surface area contributed by atoms with Gasteiger partial charge in [0.2, 0.25) is 0 Å². The molecule has 1 saturated carbocycles. The second kappa shape index (κ2) is 10.3. The Kier molecular flexibility index (Phi) is 8.69. The van der Waals surface area contributed by atoms with E-state index >= 15 is 0 Å². The Morgan fingerprint density at radius 3 is 2.37 bits per heavy atom. The summed E-state index contributed by atoms with van der Waals surface area (Å²) in [5.41, 5.74) is 1.58. The Labute approximate surface area is 186 Å². The molecule has 1 saturated heterocycles. The van der Waals surface area contributed by atoms with Crippen molar-refractivity contribution < 1.29 is 0 Å². The van der Waals surface area contributed by atoms with Crippen LogP contribution in [0.4, 0.5) is 0 Å². The third-order valence-corrected chi connectivity index (χ3v) is 6.05. The van der Waals surface area contributed by atoms with Crippen molar-refractivity contribution in [2.75, 3.05) is 26.2 Å². The summed E-state index contributed by atoms with van der Waals surface area (Å²) in [5.74, 6) is 0.968. The van der Waals surface area contributed by atoms with Crippen molar-refractivity contribution in [1.29, 1.82) is 0 Å². The van der Waals surface area contributed by atoms with Crippen molar-refractivity contribution in [2.24, 2.45) is 4.99 Å². The summed E-state index contributed by atoms with van der Waals surface area (Å²) in [6.45, 7) is 10.8. The molecule has 1 aromatic carbocycles. The van der Waals surface area contributed by atoms with Crippen LogP contribution in [-0.4, -0.2) is 49.1 Å². The van der Waals surface area contributed by atoms with E-state index < -0.39 is 0 Å². The van der Waals surface area contributed by atoms with Gasteiger partial charge in [0.15, 0.2) is 5.96 Å². The molecule has 3 rings (SSSR count). The van der Waals surface area contributed by atoms with Crippen LogP contribution in [0, 0.1) is 0 Å². The fourth-order valence-electron chi connectivity index (χ4n) is 3.80. The first-order chi connectivity index (χ1) is 12.5. The van der Waals surface area contributed by atoms with E-state index in [2.05, 4.69) is 48.4 Å². The first-order valence-corrected chi connectivity index (χ1v) is 10.4. The Hall–Kier alpha value is -0.530. The lowest BCUT2D eigenvalue weighted by Gasteiger charge is -2.35. The van der Waals surface area contributed by atoms with Crippen LogP contribution < -0.4 is 10.6 Å². The molecule has 2 aliphatic rings. The molecule has 152 valence electrons. The highest BCUT2D eigenvalue weighted by Gasteiger charge is 2.44. The number of guanidine groups is 1. The van der Waals surface area contributed by atoms with Crippen LogP contribution in [0.2, 0.25) is 5.02 Å². The largest absolute Gasteiger partial charge is 0.357 e. The third kappa shape index (κ3) is 6.23. The van der Waals surface area contributed by atoms with Gasteiger partial charge in [-0.2, -0.15) is 0 Å². The van der Waals surface area contributed by atoms with E-state index in [1.54, 1.807) is 0 Å². The Morgan fingerprint density at radius 1 is 1.22 bits per heavy atom. The lowest BCUT2D eigenvalue weighted by Crippen LogP contribution is -2.50. The molecule has 2 fully saturated rings. The number of hydrogen-bond donors (Lipinski definition) is 2. The number of piperidine rings is 1. The van der Waals surface area contributed by atoms with E-state index in [0.29, 0.717) is 12.1 Å². The van der Waals surface area contributed by atoms with Gasteiger partial charge in [0.05, 0.1) is 6.54 Å². The SMILES string of the molecule is CCNC(=NCC1(c2ccc(Cl)cc2)CC1)NC1CCN(C(C)C)CC1.I. The summed E-state index contributed by atoms with van der Waals surface area (Å²) >= 11 is 6.04. The second-order valence-electron chi connectivity index (χ2n) is 8.03. The van der Waals surface area contributed by atoms with Crippen LogP contribution in [0.3, 0.4) is 0 Å². The molecule has 1 heterocycles. The van der Waals surface area contributed by atoms with Crippen molar-refractivity contribution in [3.8, 4) is 0 Å². The minimum absolute atomic E-state index is 0. The van der Waals surface area contributed by atoms with Gasteiger partial charge in [-0.15, -0.1) is 24.0 Å². The zero-order valence-electron chi connectivity index (χ0n) is 16.8. The number of rotatable bonds is 6. The average Bonchev–Trinajstić information content (AvgIpc) is 3.42. The molecule has 0 spiro atoms. The van der Waals surface area contributed by atoms with E-state index in [0.717, 1.165) is 24.1 Å². The zero-order chi connectivity index (χ0) is 18.6. The average molecular weight is 505 g/mol. The number of benzene rings is 1. The van der Waals surface area contributed by atoms with Crippen molar-refractivity contribution in [1.82, 2.24) is 15.5 Å². The van der Waals surface area contributed by atoms with Crippen molar-refractivity contribution in [3.05, 3.63) is 34.9 Å². The number of nitrogens with one attached hydrogen (secondary N) is 2. The number of nitrogens with zero attached hydrogens (tertiary/aromatic N) is 2. The van der Waals surface area contributed by atoms with Gasteiger partial charge in [0, 0.05) is 42.2 Å². The van der Waals surface area contributed by atoms with E-state index in [9.17, 15) is 0 Å². The Morgan fingerprint density at radius 2 is 1.85 bits per heavy atom. The van der Waals surface area contributed by atoms with E-state index in [-0.39, 0.29) is 29.4 Å². The summed E-state index contributed by atoms with van der Waals surface area (Å²) in [6, 6.07) is 9.47. The molecule has 0 bridgehead atoms. The highest BCUT2D eigenvalue weighted by atomic mass is 127. The smallest absolute Gasteiger partial charge is 0.191 e. The summed E-state index contributed by atoms with van der Waals surface area (Å²) in [6.07, 6.45) is 4.80. The van der Waals surface area contributed by atoms with Gasteiger partial charge in [0.25, 0.3) is 0 Å². The zero-order valence-corrected chi connectivity index (χ0v) is 19.9. The summed E-state index contributed by atoms with van der Waals surface area (Å²) in [7, 11) is 0. The van der Waals surface area contributed by atoms with E-state index in [1.165, 1.54) is 44.3 Å². The third-order valence-electron chi connectivity index (χ3n) is 5.79. The van der Waals surface area contributed by atoms with Crippen molar-refractivity contribution in [2.45, 2.75) is 64.0 Å². The molecular formula is C21H34ClIN4. The molecule has 0 aromatic heterocycles. The number of hydrogen-bond acceptors (Lipinski definition) is 2. The maximum absolute atomic E-state index is 6.04. The minimum Gasteiger partial charge on any atom is -0.357 e. The first-order valence-electron chi connectivity index (χ1n) is 10.1. The molecule has 1 aliphatic carbocycles. The molecule has 4 nitrogen and oxygen atoms in total. The van der Waals surface area contributed by atoms with Crippen LogP contribution in [0.5, 0.6) is 0 Å². The van der Waals surface area contributed by atoms with Gasteiger partial charge in [-0.3, -0.25) is 4.99 Å². The van der Waals surface area contributed by atoms with Gasteiger partial charge in [0.1, 0.15) is 0 Å². The van der Waals surface area contributed by atoms with Crippen LogP contribution in [0.1, 0.15) is 52.0 Å². The molecule has 27 heavy (non-hydrogen) atoms. The topological polar surface area (TPSA) is 39.7 Å². The minimum atomic E-state index is 0. The molecule has 6 heteroatoms. The number of aliphatic imine (C=N–C) groups is 1. The molecule has 0 amide bonds. The molecule has 0 atom stereocenters. The standard InChI is InChI=1S/C21H33ClN4.HI/c1-4-23-20(25-19-9-13-26(14-10-19)16(2)3)24-15-21(11-12-21)17-5-7-18(22)8-6-17;/h5-8,16,19H,4,9-15H2,1-3H3,(H2,23,24,25);1H. The molecule has 2 N–H and O–H groups in total. The first kappa shape index (κ1) is 22.8. The predicted octanol–water partition coefficient (Wildman–Crippen LogP) is 4.42. The van der Waals surface area contributed by atoms with Crippen LogP contribution >= 0.6 is 35.6 Å². The molecule has 1 aromatic rings. The van der Waals surface area contributed by atoms with Crippen molar-refractivity contribution in [3.63, 3.8) is 0 Å². The second-order valence-corrected chi connectivity index (χ2v) is 8.47. The van der Waals surface area contributed by atoms with E-state index in [1.807, 2.05) is 12.1 Å². The van der Waals surface area contributed by atoms with Gasteiger partial charge >= 0.3 is 0 Å². The van der Waals surface area contributed by atoms with Gasteiger partial charge in [-0.1, -0.05) is 23.7 Å². The summed E-state index contributed by atoms with van der Waals surface area (Å²) in [4.78, 5) is 7.50. The van der Waals surface area contributed by atoms with Crippen LogP contribution in [-0.2, 0) is 5.41 Å². The normalized spacial score (nSPS) is 20.3. The van der Waals surface area contributed by atoms with E-state index in [4.69, 9.17) is 16.6 Å². The van der Waals surface area contributed by atoms with Crippen LogP contribution in [0.15, 0.2) is 29.3 Å². The maximum Gasteiger partial charge on any atom is 0.191 e. The molecular weight excluding hydrogens is 471 g/mol.